The Balaban J connectivity index is 1.38. The van der Waals surface area contributed by atoms with Gasteiger partial charge >= 0.3 is 0 Å². The highest BCUT2D eigenvalue weighted by atomic mass is 16.2. The molecule has 5 heteroatoms. The molecule has 1 aromatic rings. The van der Waals surface area contributed by atoms with Crippen molar-refractivity contribution in [2.45, 2.75) is 64.5 Å². The molecule has 1 heterocycles. The Kier molecular flexibility index (Phi) is 5.02. The predicted molar refractivity (Wildman–Crippen MR) is 102 cm³/mol. The second-order valence-electron chi connectivity index (χ2n) is 8.32. The van der Waals surface area contributed by atoms with Crippen LogP contribution in [0.5, 0.6) is 0 Å². The van der Waals surface area contributed by atoms with Gasteiger partial charge in [-0.2, -0.15) is 0 Å². The lowest BCUT2D eigenvalue weighted by Gasteiger charge is -2.24. The average molecular weight is 368 g/mol. The summed E-state index contributed by atoms with van der Waals surface area (Å²) in [4.78, 5) is 41.4. The van der Waals surface area contributed by atoms with Crippen molar-refractivity contribution < 1.29 is 14.4 Å². The number of aryl methyl sites for hydroxylation is 1. The molecule has 3 aliphatic rings. The Labute approximate surface area is 160 Å². The molecular formula is C22H28N2O3. The van der Waals surface area contributed by atoms with E-state index in [0.29, 0.717) is 12.6 Å². The first kappa shape index (κ1) is 18.2. The van der Waals surface area contributed by atoms with Crippen LogP contribution in [0.2, 0.25) is 0 Å². The van der Waals surface area contributed by atoms with E-state index in [0.717, 1.165) is 44.1 Å². The van der Waals surface area contributed by atoms with Crippen LogP contribution < -0.4 is 0 Å². The van der Waals surface area contributed by atoms with Crippen molar-refractivity contribution in [2.24, 2.45) is 11.8 Å². The van der Waals surface area contributed by atoms with Crippen molar-refractivity contribution in [3.05, 3.63) is 35.4 Å². The van der Waals surface area contributed by atoms with Crippen molar-refractivity contribution in [2.75, 3.05) is 6.54 Å². The van der Waals surface area contributed by atoms with Gasteiger partial charge in [0.15, 0.2) is 0 Å². The molecule has 1 aliphatic heterocycles. The van der Waals surface area contributed by atoms with Crippen molar-refractivity contribution in [1.82, 2.24) is 9.80 Å². The van der Waals surface area contributed by atoms with Gasteiger partial charge in [0.2, 0.25) is 17.7 Å². The maximum Gasteiger partial charge on any atom is 0.233 e. The van der Waals surface area contributed by atoms with Crippen LogP contribution in [-0.4, -0.2) is 40.1 Å². The number of amides is 3. The number of nitrogens with zero attached hydrogens (tertiary/aromatic N) is 2. The Morgan fingerprint density at radius 2 is 1.74 bits per heavy atom. The Hall–Kier alpha value is -2.17. The maximum atomic E-state index is 12.9. The highest BCUT2D eigenvalue weighted by Gasteiger charge is 2.48. The zero-order valence-electron chi connectivity index (χ0n) is 16.0. The largest absolute Gasteiger partial charge is 0.335 e. The predicted octanol–water partition coefficient (Wildman–Crippen LogP) is 3.05. The van der Waals surface area contributed by atoms with E-state index >= 15 is 0 Å². The molecule has 0 bridgehead atoms. The summed E-state index contributed by atoms with van der Waals surface area (Å²) in [7, 11) is 0. The number of benzene rings is 1. The highest BCUT2D eigenvalue weighted by Crippen LogP contribution is 2.38. The monoisotopic (exact) mass is 368 g/mol. The SMILES string of the molecule is Cc1cccc(CN(C(=O)CCN2C(=O)C3CCCCC3C2=O)C2CC2)c1. The summed E-state index contributed by atoms with van der Waals surface area (Å²) in [6.07, 6.45) is 6.02. The first-order valence-corrected chi connectivity index (χ1v) is 10.2. The first-order valence-electron chi connectivity index (χ1n) is 10.2. The smallest absolute Gasteiger partial charge is 0.233 e. The summed E-state index contributed by atoms with van der Waals surface area (Å²) >= 11 is 0. The standard InChI is InChI=1S/C22H28N2O3/c1-15-5-4-6-16(13-15)14-24(17-9-10-17)20(25)11-12-23-21(26)18-7-2-3-8-19(18)22(23)27/h4-6,13,17-19H,2-3,7-12,14H2,1H3. The Bertz CT molecular complexity index is 732. The van der Waals surface area contributed by atoms with Gasteiger partial charge in [0.1, 0.15) is 0 Å². The van der Waals surface area contributed by atoms with Gasteiger partial charge in [-0.25, -0.2) is 0 Å². The third kappa shape index (κ3) is 3.78. The lowest BCUT2D eigenvalue weighted by atomic mass is 9.81. The van der Waals surface area contributed by atoms with Gasteiger partial charge in [-0.15, -0.1) is 0 Å². The number of fused-ring (bicyclic) bond motifs is 1. The van der Waals surface area contributed by atoms with Gasteiger partial charge in [-0.1, -0.05) is 42.7 Å². The normalized spacial score (nSPS) is 24.9. The quantitative estimate of drug-likeness (QED) is 0.725. The maximum absolute atomic E-state index is 12.9. The number of hydrogen-bond donors (Lipinski definition) is 0. The van der Waals surface area contributed by atoms with Crippen LogP contribution >= 0.6 is 0 Å². The number of likely N-dealkylation sites (tertiary alicyclic amines) is 1. The highest BCUT2D eigenvalue weighted by molar-refractivity contribution is 6.05. The van der Waals surface area contributed by atoms with Gasteiger partial charge in [0.25, 0.3) is 0 Å². The molecule has 2 atom stereocenters. The second-order valence-corrected chi connectivity index (χ2v) is 8.32. The molecule has 2 unspecified atom stereocenters. The number of carbonyl (C=O) groups is 3. The molecule has 2 aliphatic carbocycles. The third-order valence-corrected chi connectivity index (χ3v) is 6.23. The molecule has 27 heavy (non-hydrogen) atoms. The van der Waals surface area contributed by atoms with Crippen LogP contribution in [0.1, 0.15) is 56.1 Å². The van der Waals surface area contributed by atoms with Gasteiger partial charge in [0, 0.05) is 25.6 Å². The molecular weight excluding hydrogens is 340 g/mol. The van der Waals surface area contributed by atoms with Crippen LogP contribution in [0.3, 0.4) is 0 Å². The third-order valence-electron chi connectivity index (χ3n) is 6.23. The fraction of sp³-hybridized carbons (Fsp3) is 0.591. The molecule has 0 radical (unpaired) electrons. The minimum absolute atomic E-state index is 0.0471. The summed E-state index contributed by atoms with van der Waals surface area (Å²) in [6, 6.07) is 8.54. The van der Waals surface area contributed by atoms with Crippen LogP contribution in [0.4, 0.5) is 0 Å². The van der Waals surface area contributed by atoms with Crippen molar-refractivity contribution in [1.29, 1.82) is 0 Å². The minimum Gasteiger partial charge on any atom is -0.335 e. The van der Waals surface area contributed by atoms with E-state index in [1.807, 2.05) is 17.0 Å². The average Bonchev–Trinajstić information content (AvgIpc) is 3.47. The van der Waals surface area contributed by atoms with Gasteiger partial charge in [-0.05, 0) is 38.2 Å². The summed E-state index contributed by atoms with van der Waals surface area (Å²) < 4.78 is 0. The Morgan fingerprint density at radius 1 is 1.07 bits per heavy atom. The molecule has 1 saturated heterocycles. The molecule has 0 N–H and O–H groups in total. The van der Waals surface area contributed by atoms with E-state index in [4.69, 9.17) is 0 Å². The number of hydrogen-bond acceptors (Lipinski definition) is 3. The molecule has 5 nitrogen and oxygen atoms in total. The molecule has 1 aromatic carbocycles. The van der Waals surface area contributed by atoms with E-state index in [1.54, 1.807) is 0 Å². The molecule has 144 valence electrons. The number of rotatable bonds is 6. The summed E-state index contributed by atoms with van der Waals surface area (Å²) in [5.74, 6) is -0.306. The van der Waals surface area contributed by atoms with Crippen molar-refractivity contribution in [3.63, 3.8) is 0 Å². The summed E-state index contributed by atoms with van der Waals surface area (Å²) in [5.41, 5.74) is 2.32. The van der Waals surface area contributed by atoms with Crippen molar-refractivity contribution in [3.8, 4) is 0 Å². The minimum atomic E-state index is -0.131. The van der Waals surface area contributed by atoms with Crippen LogP contribution in [0.15, 0.2) is 24.3 Å². The van der Waals surface area contributed by atoms with Crippen molar-refractivity contribution >= 4 is 17.7 Å². The number of imide groups is 1. The fourth-order valence-corrected chi connectivity index (χ4v) is 4.62. The number of carbonyl (C=O) groups excluding carboxylic acids is 3. The fourth-order valence-electron chi connectivity index (χ4n) is 4.62. The van der Waals surface area contributed by atoms with Gasteiger partial charge in [-0.3, -0.25) is 19.3 Å². The van der Waals surface area contributed by atoms with Crippen LogP contribution in [0, 0.1) is 18.8 Å². The zero-order valence-corrected chi connectivity index (χ0v) is 16.0. The van der Waals surface area contributed by atoms with Crippen LogP contribution in [0.25, 0.3) is 0 Å². The van der Waals surface area contributed by atoms with Gasteiger partial charge < -0.3 is 4.90 Å². The van der Waals surface area contributed by atoms with Crippen LogP contribution in [-0.2, 0) is 20.9 Å². The van der Waals surface area contributed by atoms with E-state index in [-0.39, 0.29) is 42.5 Å². The van der Waals surface area contributed by atoms with E-state index in [2.05, 4.69) is 19.1 Å². The molecule has 0 aromatic heterocycles. The molecule has 2 saturated carbocycles. The first-order chi connectivity index (χ1) is 13.0. The van der Waals surface area contributed by atoms with Gasteiger partial charge in [0.05, 0.1) is 11.8 Å². The molecule has 0 spiro atoms. The summed E-state index contributed by atoms with van der Waals surface area (Å²) in [6.45, 7) is 2.90. The molecule has 3 amide bonds. The summed E-state index contributed by atoms with van der Waals surface area (Å²) in [5, 5.41) is 0. The second kappa shape index (κ2) is 7.45. The molecule has 3 fully saturated rings. The van der Waals surface area contributed by atoms with E-state index in [9.17, 15) is 14.4 Å². The zero-order chi connectivity index (χ0) is 19.0. The lowest BCUT2D eigenvalue weighted by Crippen LogP contribution is -2.38. The van der Waals surface area contributed by atoms with E-state index < -0.39 is 0 Å². The lowest BCUT2D eigenvalue weighted by molar-refractivity contribution is -0.141. The molecule has 4 rings (SSSR count). The Morgan fingerprint density at radius 3 is 2.33 bits per heavy atom. The topological polar surface area (TPSA) is 57.7 Å². The van der Waals surface area contributed by atoms with E-state index in [1.165, 1.54) is 10.5 Å².